The molecule has 1 N–H and O–H groups in total. The van der Waals surface area contributed by atoms with Crippen molar-refractivity contribution in [3.05, 3.63) is 57.9 Å². The summed E-state index contributed by atoms with van der Waals surface area (Å²) in [6.45, 7) is 6.60. The van der Waals surface area contributed by atoms with Crippen LogP contribution in [0.15, 0.2) is 24.5 Å². The van der Waals surface area contributed by atoms with Crippen LogP contribution in [0.2, 0.25) is 5.02 Å². The minimum absolute atomic E-state index is 0.177. The first kappa shape index (κ1) is 18.1. The number of aromatic nitrogens is 5. The van der Waals surface area contributed by atoms with Crippen molar-refractivity contribution in [3.8, 4) is 0 Å². The Bertz CT molecular complexity index is 964. The zero-order valence-corrected chi connectivity index (χ0v) is 15.4. The lowest BCUT2D eigenvalue weighted by molar-refractivity contribution is 0.102. The Hall–Kier alpha value is -2.74. The fourth-order valence-corrected chi connectivity index (χ4v) is 2.98. The zero-order valence-electron chi connectivity index (χ0n) is 14.6. The van der Waals surface area contributed by atoms with Crippen LogP contribution in [-0.2, 0) is 13.1 Å². The normalized spacial score (nSPS) is 11.0. The van der Waals surface area contributed by atoms with Crippen LogP contribution in [0.25, 0.3) is 0 Å². The monoisotopic (exact) mass is 376 g/mol. The van der Waals surface area contributed by atoms with E-state index in [0.29, 0.717) is 34.9 Å². The summed E-state index contributed by atoms with van der Waals surface area (Å²) in [7, 11) is 0. The number of halogens is 2. The van der Waals surface area contributed by atoms with E-state index in [1.165, 1.54) is 23.1 Å². The lowest BCUT2D eigenvalue weighted by atomic mass is 10.2. The summed E-state index contributed by atoms with van der Waals surface area (Å²) in [5.74, 6) is -0.530. The molecule has 3 rings (SSSR count). The summed E-state index contributed by atoms with van der Waals surface area (Å²) in [6, 6.07) is 4.16. The molecule has 0 saturated carbocycles. The number of nitrogens with zero attached hydrogens (tertiary/aromatic N) is 5. The number of amides is 1. The first-order valence-corrected chi connectivity index (χ1v) is 8.45. The van der Waals surface area contributed by atoms with Gasteiger partial charge in [0.05, 0.1) is 17.8 Å². The van der Waals surface area contributed by atoms with E-state index in [2.05, 4.69) is 20.5 Å². The summed E-state index contributed by atoms with van der Waals surface area (Å²) >= 11 is 6.02. The molecule has 2 aromatic heterocycles. The van der Waals surface area contributed by atoms with Gasteiger partial charge < -0.3 is 0 Å². The highest BCUT2D eigenvalue weighted by Crippen LogP contribution is 2.18. The van der Waals surface area contributed by atoms with Crippen molar-refractivity contribution in [3.63, 3.8) is 0 Å². The minimum Gasteiger partial charge on any atom is -0.289 e. The van der Waals surface area contributed by atoms with Gasteiger partial charge in [-0.3, -0.25) is 14.8 Å². The topological polar surface area (TPSA) is 77.6 Å². The SMILES string of the molecule is CCn1nc(C)c(C(=O)Nc2ncn(Cc3ccc(F)cc3Cl)n2)c1C. The van der Waals surface area contributed by atoms with Crippen molar-refractivity contribution in [1.82, 2.24) is 24.5 Å². The van der Waals surface area contributed by atoms with Gasteiger partial charge in [-0.2, -0.15) is 5.10 Å². The number of carbonyl (C=O) groups is 1. The van der Waals surface area contributed by atoms with Gasteiger partial charge in [-0.1, -0.05) is 17.7 Å². The van der Waals surface area contributed by atoms with Gasteiger partial charge >= 0.3 is 0 Å². The second-order valence-electron chi connectivity index (χ2n) is 5.82. The molecule has 3 aromatic rings. The van der Waals surface area contributed by atoms with Gasteiger partial charge in [0, 0.05) is 17.3 Å². The van der Waals surface area contributed by atoms with Crippen molar-refractivity contribution < 1.29 is 9.18 Å². The molecule has 136 valence electrons. The molecule has 1 amide bonds. The van der Waals surface area contributed by atoms with Crippen molar-refractivity contribution in [1.29, 1.82) is 0 Å². The molecule has 0 aliphatic carbocycles. The Morgan fingerprint density at radius 2 is 2.08 bits per heavy atom. The molecule has 0 aliphatic heterocycles. The standard InChI is InChI=1S/C17H18ClFN6O/c1-4-25-11(3)15(10(2)22-25)16(26)21-17-20-9-24(23-17)8-12-5-6-13(19)7-14(12)18/h5-7,9H,4,8H2,1-3H3,(H,21,23,26). The molecule has 26 heavy (non-hydrogen) atoms. The maximum atomic E-state index is 13.1. The number of rotatable bonds is 5. The van der Waals surface area contributed by atoms with Crippen LogP contribution in [0.4, 0.5) is 10.3 Å². The smallest absolute Gasteiger partial charge is 0.261 e. The second kappa shape index (κ2) is 7.25. The Labute approximate surface area is 154 Å². The van der Waals surface area contributed by atoms with Crippen LogP contribution in [0, 0.1) is 19.7 Å². The van der Waals surface area contributed by atoms with Crippen LogP contribution < -0.4 is 5.32 Å². The number of anilines is 1. The van der Waals surface area contributed by atoms with Gasteiger partial charge in [-0.05, 0) is 38.5 Å². The van der Waals surface area contributed by atoms with Gasteiger partial charge in [0.2, 0.25) is 5.95 Å². The number of benzene rings is 1. The van der Waals surface area contributed by atoms with E-state index < -0.39 is 5.82 Å². The maximum absolute atomic E-state index is 13.1. The molecule has 0 fully saturated rings. The summed E-state index contributed by atoms with van der Waals surface area (Å²) in [5, 5.41) is 11.5. The van der Waals surface area contributed by atoms with Crippen LogP contribution in [0.3, 0.4) is 0 Å². The van der Waals surface area contributed by atoms with Gasteiger partial charge in [0.25, 0.3) is 5.91 Å². The van der Waals surface area contributed by atoms with E-state index in [1.807, 2.05) is 13.8 Å². The average Bonchev–Trinajstić information content (AvgIpc) is 3.13. The minimum atomic E-state index is -0.399. The Morgan fingerprint density at radius 1 is 1.31 bits per heavy atom. The molecule has 9 heteroatoms. The largest absolute Gasteiger partial charge is 0.289 e. The van der Waals surface area contributed by atoms with Crippen LogP contribution in [-0.4, -0.2) is 30.5 Å². The quantitative estimate of drug-likeness (QED) is 0.741. The molecule has 0 spiro atoms. The summed E-state index contributed by atoms with van der Waals surface area (Å²) in [6.07, 6.45) is 1.48. The molecule has 0 aliphatic rings. The fourth-order valence-electron chi connectivity index (χ4n) is 2.75. The zero-order chi connectivity index (χ0) is 18.8. The Morgan fingerprint density at radius 3 is 2.73 bits per heavy atom. The lowest BCUT2D eigenvalue weighted by Gasteiger charge is -2.04. The van der Waals surface area contributed by atoms with Crippen LogP contribution in [0.5, 0.6) is 0 Å². The molecule has 0 bridgehead atoms. The molecule has 0 atom stereocenters. The number of hydrogen-bond acceptors (Lipinski definition) is 4. The lowest BCUT2D eigenvalue weighted by Crippen LogP contribution is -2.15. The third-order valence-corrected chi connectivity index (χ3v) is 4.37. The first-order chi connectivity index (χ1) is 12.4. The van der Waals surface area contributed by atoms with E-state index in [-0.39, 0.29) is 11.9 Å². The van der Waals surface area contributed by atoms with Crippen molar-refractivity contribution in [2.45, 2.75) is 33.9 Å². The molecule has 7 nitrogen and oxygen atoms in total. The summed E-state index contributed by atoms with van der Waals surface area (Å²) in [5.41, 5.74) is 2.66. The highest BCUT2D eigenvalue weighted by atomic mass is 35.5. The summed E-state index contributed by atoms with van der Waals surface area (Å²) in [4.78, 5) is 16.6. The van der Waals surface area contributed by atoms with Gasteiger partial charge in [0.1, 0.15) is 12.1 Å². The van der Waals surface area contributed by atoms with Crippen LogP contribution in [0.1, 0.15) is 34.2 Å². The molecule has 2 heterocycles. The van der Waals surface area contributed by atoms with E-state index in [9.17, 15) is 9.18 Å². The number of aryl methyl sites for hydroxylation is 2. The average molecular weight is 377 g/mol. The fraction of sp³-hybridized carbons (Fsp3) is 0.294. The Balaban J connectivity index is 1.74. The molecule has 1 aromatic carbocycles. The highest BCUT2D eigenvalue weighted by Gasteiger charge is 2.19. The third-order valence-electron chi connectivity index (χ3n) is 4.02. The van der Waals surface area contributed by atoms with Crippen molar-refractivity contribution in [2.75, 3.05) is 5.32 Å². The molecule has 0 radical (unpaired) electrons. The van der Waals surface area contributed by atoms with Crippen LogP contribution >= 0.6 is 11.6 Å². The molecular formula is C17H18ClFN6O. The van der Waals surface area contributed by atoms with Gasteiger partial charge in [-0.25, -0.2) is 14.1 Å². The van der Waals surface area contributed by atoms with E-state index in [4.69, 9.17) is 11.6 Å². The third kappa shape index (κ3) is 3.60. The summed E-state index contributed by atoms with van der Waals surface area (Å²) < 4.78 is 16.4. The van der Waals surface area contributed by atoms with Crippen molar-refractivity contribution in [2.24, 2.45) is 0 Å². The molecular weight excluding hydrogens is 359 g/mol. The molecule has 0 unspecified atom stereocenters. The number of nitrogens with one attached hydrogen (secondary N) is 1. The maximum Gasteiger partial charge on any atom is 0.261 e. The second-order valence-corrected chi connectivity index (χ2v) is 6.22. The van der Waals surface area contributed by atoms with Gasteiger partial charge in [-0.15, -0.1) is 5.10 Å². The van der Waals surface area contributed by atoms with E-state index >= 15 is 0 Å². The van der Waals surface area contributed by atoms with Gasteiger partial charge in [0.15, 0.2) is 0 Å². The predicted molar refractivity (Wildman–Crippen MR) is 95.9 cm³/mol. The highest BCUT2D eigenvalue weighted by molar-refractivity contribution is 6.31. The van der Waals surface area contributed by atoms with Crippen molar-refractivity contribution >= 4 is 23.5 Å². The number of hydrogen-bond donors (Lipinski definition) is 1. The molecule has 0 saturated heterocycles. The predicted octanol–water partition coefficient (Wildman–Crippen LogP) is 3.20. The first-order valence-electron chi connectivity index (χ1n) is 8.07. The van der Waals surface area contributed by atoms with E-state index in [0.717, 1.165) is 5.69 Å². The van der Waals surface area contributed by atoms with E-state index in [1.54, 1.807) is 17.7 Å². The number of carbonyl (C=O) groups excluding carboxylic acids is 1. The Kier molecular flexibility index (Phi) is 5.03.